The normalized spacial score (nSPS) is 11.2. The van der Waals surface area contributed by atoms with E-state index in [9.17, 15) is 23.1 Å². The van der Waals surface area contributed by atoms with Crippen LogP contribution < -0.4 is 4.74 Å². The first-order valence-corrected chi connectivity index (χ1v) is 5.53. The van der Waals surface area contributed by atoms with Crippen LogP contribution in [0.15, 0.2) is 6.20 Å². The third kappa shape index (κ3) is 3.88. The Labute approximate surface area is 110 Å². The highest BCUT2D eigenvalue weighted by atomic mass is 35.5. The van der Waals surface area contributed by atoms with Crippen LogP contribution in [0.2, 0.25) is 0 Å². The summed E-state index contributed by atoms with van der Waals surface area (Å²) in [7, 11) is 0. The number of hydrogen-bond donors (Lipinski definition) is 1. The number of nitrogens with zero attached hydrogens (tertiary/aromatic N) is 1. The predicted molar refractivity (Wildman–Crippen MR) is 58.1 cm³/mol. The Morgan fingerprint density at radius 1 is 1.53 bits per heavy atom. The number of ether oxygens (including phenoxy) is 2. The van der Waals surface area contributed by atoms with Crippen LogP contribution in [0, 0.1) is 0 Å². The Balaban J connectivity index is 3.34. The molecule has 9 heteroatoms. The van der Waals surface area contributed by atoms with E-state index in [1.165, 1.54) is 6.92 Å². The minimum Gasteiger partial charge on any atom is -0.506 e. The van der Waals surface area contributed by atoms with Gasteiger partial charge in [-0.2, -0.15) is 0 Å². The Morgan fingerprint density at radius 3 is 2.63 bits per heavy atom. The van der Waals surface area contributed by atoms with Crippen molar-refractivity contribution in [3.8, 4) is 11.5 Å². The first-order chi connectivity index (χ1) is 8.80. The molecule has 0 atom stereocenters. The molecule has 5 nitrogen and oxygen atoms in total. The SMILES string of the molecule is CCOC(=O)c1ncc(O)c(CCl)c1OC(F)(F)F. The van der Waals surface area contributed by atoms with Crippen LogP contribution in [0.5, 0.6) is 11.5 Å². The van der Waals surface area contributed by atoms with Gasteiger partial charge in [0.05, 0.1) is 24.2 Å². The van der Waals surface area contributed by atoms with Gasteiger partial charge in [0.2, 0.25) is 0 Å². The van der Waals surface area contributed by atoms with Crippen molar-refractivity contribution in [1.29, 1.82) is 0 Å². The van der Waals surface area contributed by atoms with Crippen LogP contribution in [0.4, 0.5) is 13.2 Å². The number of halogens is 4. The number of aromatic nitrogens is 1. The number of hydrogen-bond acceptors (Lipinski definition) is 5. The fourth-order valence-electron chi connectivity index (χ4n) is 1.22. The predicted octanol–water partition coefficient (Wildman–Crippen LogP) is 2.60. The fraction of sp³-hybridized carbons (Fsp3) is 0.400. The van der Waals surface area contributed by atoms with Gasteiger partial charge in [-0.15, -0.1) is 24.8 Å². The molecule has 0 unspecified atom stereocenters. The number of alkyl halides is 4. The molecular formula is C10H9ClF3NO4. The van der Waals surface area contributed by atoms with Gasteiger partial charge in [0, 0.05) is 0 Å². The molecule has 0 aliphatic rings. The Kier molecular flexibility index (Phi) is 4.82. The first-order valence-electron chi connectivity index (χ1n) is 4.99. The molecule has 0 amide bonds. The molecule has 0 aromatic carbocycles. The summed E-state index contributed by atoms with van der Waals surface area (Å²) in [6.45, 7) is 1.42. The molecule has 0 bridgehead atoms. The van der Waals surface area contributed by atoms with Crippen molar-refractivity contribution in [3.63, 3.8) is 0 Å². The lowest BCUT2D eigenvalue weighted by atomic mass is 10.2. The molecule has 1 N–H and O–H groups in total. The largest absolute Gasteiger partial charge is 0.573 e. The third-order valence-electron chi connectivity index (χ3n) is 1.93. The quantitative estimate of drug-likeness (QED) is 0.683. The summed E-state index contributed by atoms with van der Waals surface area (Å²) in [5.74, 6) is -3.16. The minimum absolute atomic E-state index is 0.0525. The van der Waals surface area contributed by atoms with Crippen LogP contribution in [-0.2, 0) is 10.6 Å². The number of carbonyl (C=O) groups excluding carboxylic acids is 1. The van der Waals surface area contributed by atoms with Crippen LogP contribution >= 0.6 is 11.6 Å². The molecule has 0 aliphatic heterocycles. The second-order valence-corrected chi connectivity index (χ2v) is 3.47. The second-order valence-electron chi connectivity index (χ2n) is 3.20. The molecule has 1 aromatic heterocycles. The van der Waals surface area contributed by atoms with E-state index >= 15 is 0 Å². The topological polar surface area (TPSA) is 68.7 Å². The van der Waals surface area contributed by atoms with Crippen molar-refractivity contribution < 1.29 is 32.5 Å². The lowest BCUT2D eigenvalue weighted by Gasteiger charge is -2.15. The number of aromatic hydroxyl groups is 1. The average molecular weight is 300 g/mol. The van der Waals surface area contributed by atoms with Crippen LogP contribution in [-0.4, -0.2) is 29.0 Å². The lowest BCUT2D eigenvalue weighted by molar-refractivity contribution is -0.275. The minimum atomic E-state index is -5.06. The van der Waals surface area contributed by atoms with Gasteiger partial charge in [-0.05, 0) is 6.92 Å². The van der Waals surface area contributed by atoms with Crippen molar-refractivity contribution in [2.45, 2.75) is 19.2 Å². The van der Waals surface area contributed by atoms with E-state index in [2.05, 4.69) is 14.5 Å². The molecule has 19 heavy (non-hydrogen) atoms. The van der Waals surface area contributed by atoms with E-state index in [0.717, 1.165) is 6.20 Å². The number of carbonyl (C=O) groups is 1. The van der Waals surface area contributed by atoms with Crippen LogP contribution in [0.1, 0.15) is 23.0 Å². The number of pyridine rings is 1. The van der Waals surface area contributed by atoms with Crippen molar-refractivity contribution in [1.82, 2.24) is 4.98 Å². The van der Waals surface area contributed by atoms with Crippen molar-refractivity contribution in [3.05, 3.63) is 17.5 Å². The van der Waals surface area contributed by atoms with Gasteiger partial charge in [-0.3, -0.25) is 0 Å². The van der Waals surface area contributed by atoms with Crippen LogP contribution in [0.25, 0.3) is 0 Å². The van der Waals surface area contributed by atoms with E-state index in [4.69, 9.17) is 11.6 Å². The molecule has 1 aromatic rings. The highest BCUT2D eigenvalue weighted by molar-refractivity contribution is 6.17. The maximum absolute atomic E-state index is 12.3. The zero-order chi connectivity index (χ0) is 14.6. The maximum Gasteiger partial charge on any atom is 0.573 e. The Morgan fingerprint density at radius 2 is 2.16 bits per heavy atom. The van der Waals surface area contributed by atoms with E-state index < -0.39 is 41.0 Å². The standard InChI is InChI=1S/C10H9ClF3NO4/c1-2-18-9(17)7-8(19-10(12,13)14)5(3-11)6(16)4-15-7/h4,16H,2-3H2,1H3. The van der Waals surface area contributed by atoms with Gasteiger partial charge in [-0.1, -0.05) is 0 Å². The molecule has 0 spiro atoms. The zero-order valence-electron chi connectivity index (χ0n) is 9.62. The first kappa shape index (κ1) is 15.4. The lowest BCUT2D eigenvalue weighted by Crippen LogP contribution is -2.21. The fourth-order valence-corrected chi connectivity index (χ4v) is 1.48. The molecule has 0 saturated heterocycles. The van der Waals surface area contributed by atoms with Gasteiger partial charge in [-0.25, -0.2) is 9.78 Å². The molecule has 1 heterocycles. The second kappa shape index (κ2) is 5.96. The third-order valence-corrected chi connectivity index (χ3v) is 2.20. The summed E-state index contributed by atoms with van der Waals surface area (Å²) in [6.07, 6.45) is -4.26. The Bertz CT molecular complexity index is 479. The van der Waals surface area contributed by atoms with Crippen LogP contribution in [0.3, 0.4) is 0 Å². The molecule has 0 fully saturated rings. The average Bonchev–Trinajstić information content (AvgIpc) is 2.27. The highest BCUT2D eigenvalue weighted by Gasteiger charge is 2.36. The maximum atomic E-state index is 12.3. The highest BCUT2D eigenvalue weighted by Crippen LogP contribution is 2.35. The summed E-state index contributed by atoms with van der Waals surface area (Å²) < 4.78 is 45.1. The molecule has 106 valence electrons. The molecule has 1 rings (SSSR count). The van der Waals surface area contributed by atoms with E-state index in [-0.39, 0.29) is 6.61 Å². The summed E-state index contributed by atoms with van der Waals surface area (Å²) in [5.41, 5.74) is -1.09. The summed E-state index contributed by atoms with van der Waals surface area (Å²) in [4.78, 5) is 14.9. The summed E-state index contributed by atoms with van der Waals surface area (Å²) in [6, 6.07) is 0. The zero-order valence-corrected chi connectivity index (χ0v) is 10.4. The van der Waals surface area contributed by atoms with Crippen molar-refractivity contribution in [2.24, 2.45) is 0 Å². The Hall–Kier alpha value is -1.70. The van der Waals surface area contributed by atoms with Gasteiger partial charge in [0.1, 0.15) is 5.75 Å². The molecule has 0 saturated carbocycles. The molecular weight excluding hydrogens is 291 g/mol. The molecule has 0 radical (unpaired) electrons. The van der Waals surface area contributed by atoms with E-state index in [0.29, 0.717) is 0 Å². The summed E-state index contributed by atoms with van der Waals surface area (Å²) in [5, 5.41) is 9.38. The number of rotatable bonds is 4. The van der Waals surface area contributed by atoms with E-state index in [1.807, 2.05) is 0 Å². The van der Waals surface area contributed by atoms with Gasteiger partial charge < -0.3 is 14.6 Å². The van der Waals surface area contributed by atoms with Crippen molar-refractivity contribution >= 4 is 17.6 Å². The smallest absolute Gasteiger partial charge is 0.506 e. The van der Waals surface area contributed by atoms with Crippen molar-refractivity contribution in [2.75, 3.05) is 6.61 Å². The molecule has 0 aliphatic carbocycles. The van der Waals surface area contributed by atoms with Gasteiger partial charge >= 0.3 is 12.3 Å². The van der Waals surface area contributed by atoms with E-state index in [1.54, 1.807) is 0 Å². The summed E-state index contributed by atoms with van der Waals surface area (Å²) >= 11 is 5.43. The number of esters is 1. The van der Waals surface area contributed by atoms with Gasteiger partial charge in [0.15, 0.2) is 11.4 Å². The monoisotopic (exact) mass is 299 g/mol. The van der Waals surface area contributed by atoms with Gasteiger partial charge in [0.25, 0.3) is 0 Å².